The van der Waals surface area contributed by atoms with Gasteiger partial charge in [0.05, 0.1) is 6.54 Å². The van der Waals surface area contributed by atoms with E-state index in [4.69, 9.17) is 4.74 Å². The summed E-state index contributed by atoms with van der Waals surface area (Å²) in [6.07, 6.45) is 5.63. The number of pyridine rings is 1. The zero-order valence-corrected chi connectivity index (χ0v) is 15.6. The summed E-state index contributed by atoms with van der Waals surface area (Å²) in [5.41, 5.74) is 0.455. The molecule has 3 aliphatic heterocycles. The van der Waals surface area contributed by atoms with Crippen LogP contribution in [0.4, 0.5) is 5.82 Å². The van der Waals surface area contributed by atoms with Crippen LogP contribution in [-0.4, -0.2) is 71.7 Å². The Morgan fingerprint density at radius 1 is 1.22 bits per heavy atom. The Labute approximate surface area is 158 Å². The summed E-state index contributed by atoms with van der Waals surface area (Å²) in [4.78, 5) is 32.8. The monoisotopic (exact) mass is 371 g/mol. The summed E-state index contributed by atoms with van der Waals surface area (Å²) >= 11 is 0. The quantitative estimate of drug-likeness (QED) is 0.796. The van der Waals surface area contributed by atoms with Gasteiger partial charge in [-0.2, -0.15) is 5.10 Å². The number of likely N-dealkylation sites (tertiary alicyclic amines) is 1. The van der Waals surface area contributed by atoms with E-state index in [-0.39, 0.29) is 17.9 Å². The Hall–Kier alpha value is -2.64. The molecule has 4 rings (SSSR count). The SMILES string of the molecule is CN1N=C(C(=O)N2CCC(Oc3cccnc3N3CCCC3)C2)CCC1=O. The predicted octanol–water partition coefficient (Wildman–Crippen LogP) is 1.27. The highest BCUT2D eigenvalue weighted by Crippen LogP contribution is 2.30. The molecule has 1 aromatic rings. The van der Waals surface area contributed by atoms with Gasteiger partial charge in [-0.1, -0.05) is 0 Å². The zero-order chi connectivity index (χ0) is 18.8. The highest BCUT2D eigenvalue weighted by Gasteiger charge is 2.32. The summed E-state index contributed by atoms with van der Waals surface area (Å²) in [6, 6.07) is 3.84. The van der Waals surface area contributed by atoms with Crippen molar-refractivity contribution in [2.45, 2.75) is 38.2 Å². The molecule has 27 heavy (non-hydrogen) atoms. The van der Waals surface area contributed by atoms with Gasteiger partial charge in [-0.3, -0.25) is 9.59 Å². The van der Waals surface area contributed by atoms with E-state index in [0.717, 1.165) is 31.1 Å². The van der Waals surface area contributed by atoms with Crippen molar-refractivity contribution in [3.63, 3.8) is 0 Å². The van der Waals surface area contributed by atoms with Crippen LogP contribution in [0.1, 0.15) is 32.1 Å². The number of hydrogen-bond acceptors (Lipinski definition) is 6. The molecule has 0 radical (unpaired) electrons. The van der Waals surface area contributed by atoms with Gasteiger partial charge in [-0.25, -0.2) is 9.99 Å². The maximum atomic E-state index is 12.7. The van der Waals surface area contributed by atoms with E-state index in [0.29, 0.717) is 31.6 Å². The number of carbonyl (C=O) groups excluding carboxylic acids is 2. The number of carbonyl (C=O) groups is 2. The lowest BCUT2D eigenvalue weighted by molar-refractivity contribution is -0.130. The maximum Gasteiger partial charge on any atom is 0.270 e. The first-order valence-corrected chi connectivity index (χ1v) is 9.62. The molecule has 4 heterocycles. The van der Waals surface area contributed by atoms with Crippen molar-refractivity contribution in [2.75, 3.05) is 38.1 Å². The molecular formula is C19H25N5O3. The molecule has 0 N–H and O–H groups in total. The Morgan fingerprint density at radius 2 is 2.04 bits per heavy atom. The number of amides is 2. The molecule has 8 nitrogen and oxygen atoms in total. The molecule has 0 aliphatic carbocycles. The smallest absolute Gasteiger partial charge is 0.270 e. The molecule has 3 aliphatic rings. The zero-order valence-electron chi connectivity index (χ0n) is 15.6. The average Bonchev–Trinajstić information content (AvgIpc) is 3.36. The third-order valence-electron chi connectivity index (χ3n) is 5.34. The molecule has 0 spiro atoms. The van der Waals surface area contributed by atoms with Crippen LogP contribution in [0.25, 0.3) is 0 Å². The summed E-state index contributed by atoms with van der Waals surface area (Å²) in [5, 5.41) is 5.40. The van der Waals surface area contributed by atoms with Gasteiger partial charge >= 0.3 is 0 Å². The van der Waals surface area contributed by atoms with E-state index >= 15 is 0 Å². The Balaban J connectivity index is 1.40. The van der Waals surface area contributed by atoms with Crippen LogP contribution in [0.5, 0.6) is 5.75 Å². The molecule has 0 aromatic carbocycles. The molecule has 2 saturated heterocycles. The summed E-state index contributed by atoms with van der Waals surface area (Å²) in [6.45, 7) is 3.19. The third-order valence-corrected chi connectivity index (χ3v) is 5.34. The Morgan fingerprint density at radius 3 is 2.81 bits per heavy atom. The lowest BCUT2D eigenvalue weighted by atomic mass is 10.1. The first kappa shape index (κ1) is 17.8. The van der Waals surface area contributed by atoms with Gasteiger partial charge in [0, 0.05) is 52.1 Å². The molecule has 0 bridgehead atoms. The fourth-order valence-electron chi connectivity index (χ4n) is 3.84. The Kier molecular flexibility index (Phi) is 4.96. The van der Waals surface area contributed by atoms with E-state index in [9.17, 15) is 9.59 Å². The molecule has 0 saturated carbocycles. The topological polar surface area (TPSA) is 78.3 Å². The molecule has 1 unspecified atom stereocenters. The molecule has 2 fully saturated rings. The lowest BCUT2D eigenvalue weighted by Gasteiger charge is -2.24. The second-order valence-corrected chi connectivity index (χ2v) is 7.26. The minimum absolute atomic E-state index is 0.0527. The van der Waals surface area contributed by atoms with Gasteiger partial charge in [-0.15, -0.1) is 0 Å². The molecule has 2 amide bonds. The van der Waals surface area contributed by atoms with Crippen LogP contribution >= 0.6 is 0 Å². The highest BCUT2D eigenvalue weighted by atomic mass is 16.5. The first-order valence-electron chi connectivity index (χ1n) is 9.62. The lowest BCUT2D eigenvalue weighted by Crippen LogP contribution is -2.40. The van der Waals surface area contributed by atoms with Crippen molar-refractivity contribution in [1.29, 1.82) is 0 Å². The minimum atomic E-state index is -0.0913. The van der Waals surface area contributed by atoms with Crippen LogP contribution < -0.4 is 9.64 Å². The predicted molar refractivity (Wildman–Crippen MR) is 101 cm³/mol. The maximum absolute atomic E-state index is 12.7. The standard InChI is InChI=1S/C19H25N5O3/c1-22-17(25)7-6-15(21-22)19(26)24-12-8-14(13-24)27-16-5-4-9-20-18(16)23-10-2-3-11-23/h4-5,9,14H,2-3,6-8,10-13H2,1H3. The molecule has 144 valence electrons. The van der Waals surface area contributed by atoms with E-state index in [1.807, 2.05) is 12.1 Å². The van der Waals surface area contributed by atoms with Crippen LogP contribution in [0.15, 0.2) is 23.4 Å². The van der Waals surface area contributed by atoms with E-state index in [1.165, 1.54) is 17.9 Å². The minimum Gasteiger partial charge on any atom is -0.485 e. The van der Waals surface area contributed by atoms with E-state index in [2.05, 4.69) is 15.0 Å². The number of anilines is 1. The van der Waals surface area contributed by atoms with Gasteiger partial charge < -0.3 is 14.5 Å². The number of rotatable bonds is 4. The van der Waals surface area contributed by atoms with Gasteiger partial charge in [0.2, 0.25) is 5.91 Å². The van der Waals surface area contributed by atoms with Crippen LogP contribution in [0.3, 0.4) is 0 Å². The highest BCUT2D eigenvalue weighted by molar-refractivity contribution is 6.39. The van der Waals surface area contributed by atoms with Crippen molar-refractivity contribution in [2.24, 2.45) is 5.10 Å². The van der Waals surface area contributed by atoms with Gasteiger partial charge in [-0.05, 0) is 25.0 Å². The van der Waals surface area contributed by atoms with Crippen molar-refractivity contribution < 1.29 is 14.3 Å². The van der Waals surface area contributed by atoms with Crippen LogP contribution in [-0.2, 0) is 9.59 Å². The van der Waals surface area contributed by atoms with Crippen LogP contribution in [0.2, 0.25) is 0 Å². The third kappa shape index (κ3) is 3.74. The second-order valence-electron chi connectivity index (χ2n) is 7.26. The normalized spacial score (nSPS) is 23.0. The van der Waals surface area contributed by atoms with Gasteiger partial charge in [0.15, 0.2) is 11.6 Å². The largest absolute Gasteiger partial charge is 0.485 e. The number of nitrogens with zero attached hydrogens (tertiary/aromatic N) is 5. The summed E-state index contributed by atoms with van der Waals surface area (Å²) in [5.74, 6) is 1.54. The Bertz CT molecular complexity index is 759. The number of hydrogen-bond donors (Lipinski definition) is 0. The number of aromatic nitrogens is 1. The summed E-state index contributed by atoms with van der Waals surface area (Å²) < 4.78 is 6.22. The molecule has 1 aromatic heterocycles. The van der Waals surface area contributed by atoms with E-state index < -0.39 is 0 Å². The van der Waals surface area contributed by atoms with Crippen molar-refractivity contribution in [3.05, 3.63) is 18.3 Å². The number of ether oxygens (including phenoxy) is 1. The average molecular weight is 371 g/mol. The van der Waals surface area contributed by atoms with E-state index in [1.54, 1.807) is 18.1 Å². The number of hydrazone groups is 1. The molecule has 1 atom stereocenters. The fraction of sp³-hybridized carbons (Fsp3) is 0.579. The van der Waals surface area contributed by atoms with Gasteiger partial charge in [0.25, 0.3) is 5.91 Å². The first-order chi connectivity index (χ1) is 13.1. The summed E-state index contributed by atoms with van der Waals surface area (Å²) in [7, 11) is 1.59. The molecular weight excluding hydrogens is 346 g/mol. The molecule has 8 heteroatoms. The second kappa shape index (κ2) is 7.54. The van der Waals surface area contributed by atoms with Crippen molar-refractivity contribution in [1.82, 2.24) is 14.9 Å². The fourth-order valence-corrected chi connectivity index (χ4v) is 3.84. The van der Waals surface area contributed by atoms with Crippen LogP contribution in [0, 0.1) is 0 Å². The van der Waals surface area contributed by atoms with Crippen molar-refractivity contribution in [3.8, 4) is 5.75 Å². The van der Waals surface area contributed by atoms with Gasteiger partial charge in [0.1, 0.15) is 11.8 Å². The van der Waals surface area contributed by atoms with Crippen molar-refractivity contribution >= 4 is 23.3 Å².